The second kappa shape index (κ2) is 11.2. The molecule has 1 amide bonds. The number of nitrogens with one attached hydrogen (secondary N) is 1. The Morgan fingerprint density at radius 3 is 2.51 bits per heavy atom. The van der Waals surface area contributed by atoms with Gasteiger partial charge in [0.05, 0.1) is 43.8 Å². The Morgan fingerprint density at radius 2 is 1.83 bits per heavy atom. The van der Waals surface area contributed by atoms with Gasteiger partial charge in [-0.3, -0.25) is 4.79 Å². The fourth-order valence-electron chi connectivity index (χ4n) is 3.42. The Morgan fingerprint density at radius 1 is 1.14 bits per heavy atom. The van der Waals surface area contributed by atoms with Crippen LogP contribution in [-0.4, -0.2) is 46.8 Å². The topological polar surface area (TPSA) is 98.0 Å². The van der Waals surface area contributed by atoms with E-state index in [4.69, 9.17) is 26.1 Å². The summed E-state index contributed by atoms with van der Waals surface area (Å²) < 4.78 is 12.3. The van der Waals surface area contributed by atoms with E-state index in [9.17, 15) is 9.90 Å². The van der Waals surface area contributed by atoms with Crippen molar-refractivity contribution in [3.63, 3.8) is 0 Å². The molecule has 1 aromatic heterocycles. The maximum Gasteiger partial charge on any atom is 0.250 e. The number of hydrazone groups is 1. The monoisotopic (exact) mass is 510 g/mol. The zero-order valence-corrected chi connectivity index (χ0v) is 20.6. The molecule has 1 heterocycles. The molecular weight excluding hydrogens is 488 g/mol. The van der Waals surface area contributed by atoms with Gasteiger partial charge in [-0.15, -0.1) is 0 Å². The number of hydrogen-bond acceptors (Lipinski definition) is 7. The molecule has 3 aromatic carbocycles. The Labute approximate surface area is 211 Å². The number of methoxy groups -OCH3 is 2. The molecule has 0 spiro atoms. The molecule has 4 rings (SSSR count). The van der Waals surface area contributed by atoms with Crippen LogP contribution in [0.15, 0.2) is 70.9 Å². The first-order chi connectivity index (χ1) is 17.0. The standard InChI is InChI=1S/C25H23ClN4O4S/c1-33-21-11-17(12-22(34-2)24(21)32)13-27-29-23(31)15-35-25-28-19-5-3-4-6-20(19)30(25)14-16-7-9-18(26)10-8-16/h3-13,32H,14-15H2,1-2H3,(H,29,31). The average Bonchev–Trinajstić information content (AvgIpc) is 3.22. The highest BCUT2D eigenvalue weighted by molar-refractivity contribution is 7.99. The lowest BCUT2D eigenvalue weighted by atomic mass is 10.2. The van der Waals surface area contributed by atoms with Gasteiger partial charge in [0.25, 0.3) is 5.91 Å². The van der Waals surface area contributed by atoms with Gasteiger partial charge in [0.15, 0.2) is 16.7 Å². The number of para-hydroxylation sites is 2. The van der Waals surface area contributed by atoms with Gasteiger partial charge in [-0.25, -0.2) is 10.4 Å². The van der Waals surface area contributed by atoms with Crippen LogP contribution < -0.4 is 14.9 Å². The van der Waals surface area contributed by atoms with Crippen molar-refractivity contribution >= 4 is 46.5 Å². The van der Waals surface area contributed by atoms with Gasteiger partial charge >= 0.3 is 0 Å². The number of nitrogens with zero attached hydrogens (tertiary/aromatic N) is 3. The van der Waals surface area contributed by atoms with Crippen molar-refractivity contribution in [3.8, 4) is 17.2 Å². The summed E-state index contributed by atoms with van der Waals surface area (Å²) in [5, 5.41) is 15.4. The van der Waals surface area contributed by atoms with Crippen molar-refractivity contribution in [2.24, 2.45) is 5.10 Å². The van der Waals surface area contributed by atoms with Gasteiger partial charge in [0, 0.05) is 10.6 Å². The number of ether oxygens (including phenoxy) is 2. The second-order valence-electron chi connectivity index (χ2n) is 7.45. The highest BCUT2D eigenvalue weighted by atomic mass is 35.5. The van der Waals surface area contributed by atoms with Crippen molar-refractivity contribution in [1.29, 1.82) is 0 Å². The first-order valence-corrected chi connectivity index (χ1v) is 11.9. The molecule has 0 aliphatic rings. The third-order valence-electron chi connectivity index (χ3n) is 5.11. The van der Waals surface area contributed by atoms with Gasteiger partial charge in [-0.1, -0.05) is 47.6 Å². The van der Waals surface area contributed by atoms with Gasteiger partial charge in [-0.2, -0.15) is 5.10 Å². The van der Waals surface area contributed by atoms with E-state index in [1.807, 2.05) is 48.5 Å². The average molecular weight is 511 g/mol. The van der Waals surface area contributed by atoms with E-state index in [1.165, 1.54) is 32.2 Å². The van der Waals surface area contributed by atoms with Crippen molar-refractivity contribution in [2.75, 3.05) is 20.0 Å². The maximum atomic E-state index is 12.4. The van der Waals surface area contributed by atoms with Gasteiger partial charge in [0.2, 0.25) is 5.75 Å². The summed E-state index contributed by atoms with van der Waals surface area (Å²) >= 11 is 7.35. The number of rotatable bonds is 9. The maximum absolute atomic E-state index is 12.4. The Balaban J connectivity index is 1.44. The minimum atomic E-state index is -0.283. The predicted molar refractivity (Wildman–Crippen MR) is 138 cm³/mol. The zero-order valence-electron chi connectivity index (χ0n) is 19.1. The van der Waals surface area contributed by atoms with Crippen molar-refractivity contribution in [2.45, 2.75) is 11.7 Å². The van der Waals surface area contributed by atoms with E-state index in [1.54, 1.807) is 12.1 Å². The number of phenolic OH excluding ortho intramolecular Hbond substituents is 1. The van der Waals surface area contributed by atoms with Crippen LogP contribution in [0.4, 0.5) is 0 Å². The van der Waals surface area contributed by atoms with E-state index in [0.717, 1.165) is 21.8 Å². The molecular formula is C25H23ClN4O4S. The zero-order chi connectivity index (χ0) is 24.8. The summed E-state index contributed by atoms with van der Waals surface area (Å²) in [6.45, 7) is 0.601. The summed E-state index contributed by atoms with van der Waals surface area (Å²) in [4.78, 5) is 17.1. The van der Waals surface area contributed by atoms with Crippen LogP contribution in [0.2, 0.25) is 5.02 Å². The van der Waals surface area contributed by atoms with Crippen LogP contribution in [-0.2, 0) is 11.3 Å². The number of benzene rings is 3. The van der Waals surface area contributed by atoms with Crippen LogP contribution >= 0.6 is 23.4 Å². The van der Waals surface area contributed by atoms with Crippen LogP contribution in [0.25, 0.3) is 11.0 Å². The quantitative estimate of drug-likeness (QED) is 0.192. The number of amides is 1. The first kappa shape index (κ1) is 24.4. The number of fused-ring (bicyclic) bond motifs is 1. The summed E-state index contributed by atoms with van der Waals surface area (Å²) in [7, 11) is 2.88. The number of aromatic hydroxyl groups is 1. The Hall–Kier alpha value is -3.69. The van der Waals surface area contributed by atoms with Crippen molar-refractivity contribution in [3.05, 3.63) is 76.8 Å². The molecule has 0 saturated carbocycles. The molecule has 0 fully saturated rings. The highest BCUT2D eigenvalue weighted by Gasteiger charge is 2.14. The van der Waals surface area contributed by atoms with E-state index in [0.29, 0.717) is 17.1 Å². The molecule has 0 atom stereocenters. The van der Waals surface area contributed by atoms with E-state index in [-0.39, 0.29) is 28.9 Å². The number of carbonyl (C=O) groups excluding carboxylic acids is 1. The molecule has 0 aliphatic heterocycles. The Bertz CT molecular complexity index is 1350. The minimum Gasteiger partial charge on any atom is -0.502 e. The molecule has 0 saturated heterocycles. The molecule has 10 heteroatoms. The third-order valence-corrected chi connectivity index (χ3v) is 6.34. The molecule has 0 unspecified atom stereocenters. The molecule has 2 N–H and O–H groups in total. The van der Waals surface area contributed by atoms with Crippen LogP contribution in [0, 0.1) is 0 Å². The summed E-state index contributed by atoms with van der Waals surface area (Å²) in [5.41, 5.74) is 6.03. The summed E-state index contributed by atoms with van der Waals surface area (Å²) in [5.74, 6) is 0.228. The highest BCUT2D eigenvalue weighted by Crippen LogP contribution is 2.36. The van der Waals surface area contributed by atoms with E-state index in [2.05, 4.69) is 15.1 Å². The third kappa shape index (κ3) is 5.87. The van der Waals surface area contributed by atoms with E-state index < -0.39 is 0 Å². The summed E-state index contributed by atoms with van der Waals surface area (Å²) in [6.07, 6.45) is 1.45. The Kier molecular flexibility index (Phi) is 7.79. The predicted octanol–water partition coefficient (Wildman–Crippen LogP) is 4.70. The van der Waals surface area contributed by atoms with Crippen LogP contribution in [0.3, 0.4) is 0 Å². The van der Waals surface area contributed by atoms with Crippen molar-refractivity contribution < 1.29 is 19.4 Å². The second-order valence-corrected chi connectivity index (χ2v) is 8.83. The summed E-state index contributed by atoms with van der Waals surface area (Å²) in [6, 6.07) is 18.7. The molecule has 8 nitrogen and oxygen atoms in total. The van der Waals surface area contributed by atoms with E-state index >= 15 is 0 Å². The fraction of sp³-hybridized carbons (Fsp3) is 0.160. The number of aromatic nitrogens is 2. The lowest BCUT2D eigenvalue weighted by Gasteiger charge is -2.09. The molecule has 0 bridgehead atoms. The molecule has 4 aromatic rings. The number of carbonyl (C=O) groups is 1. The van der Waals surface area contributed by atoms with Gasteiger partial charge in [0.1, 0.15) is 0 Å². The van der Waals surface area contributed by atoms with Gasteiger partial charge in [-0.05, 0) is 42.0 Å². The number of phenols is 1. The normalized spacial score (nSPS) is 11.2. The number of thioether (sulfide) groups is 1. The molecule has 35 heavy (non-hydrogen) atoms. The molecule has 0 radical (unpaired) electrons. The van der Waals surface area contributed by atoms with Crippen LogP contribution in [0.1, 0.15) is 11.1 Å². The lowest BCUT2D eigenvalue weighted by molar-refractivity contribution is -0.118. The fourth-order valence-corrected chi connectivity index (χ4v) is 4.35. The molecule has 180 valence electrons. The largest absolute Gasteiger partial charge is 0.502 e. The van der Waals surface area contributed by atoms with Crippen molar-refractivity contribution in [1.82, 2.24) is 15.0 Å². The van der Waals surface area contributed by atoms with Gasteiger partial charge < -0.3 is 19.1 Å². The number of imidazole rings is 1. The van der Waals surface area contributed by atoms with Crippen LogP contribution in [0.5, 0.6) is 17.2 Å². The SMILES string of the molecule is COc1cc(C=NNC(=O)CSc2nc3ccccc3n2Cc2ccc(Cl)cc2)cc(OC)c1O. The smallest absolute Gasteiger partial charge is 0.250 e. The number of hydrogen-bond donors (Lipinski definition) is 2. The lowest BCUT2D eigenvalue weighted by Crippen LogP contribution is -2.20. The number of halogens is 1. The molecule has 0 aliphatic carbocycles. The minimum absolute atomic E-state index is 0.103. The first-order valence-electron chi connectivity index (χ1n) is 10.6.